The van der Waals surface area contributed by atoms with Crippen molar-refractivity contribution in [1.82, 2.24) is 4.98 Å². The van der Waals surface area contributed by atoms with Crippen LogP contribution in [0.5, 0.6) is 0 Å². The Morgan fingerprint density at radius 1 is 0.852 bits per heavy atom. The largest absolute Gasteiger partial charge is 0.383 e. The topological polar surface area (TPSA) is 38.9 Å². The molecule has 3 aromatic carbocycles. The zero-order chi connectivity index (χ0) is 17.7. The number of aromatic nitrogens is 1. The van der Waals surface area contributed by atoms with E-state index in [0.717, 1.165) is 34.0 Å². The molecule has 0 aliphatic heterocycles. The van der Waals surface area contributed by atoms with E-state index in [2.05, 4.69) is 24.3 Å². The van der Waals surface area contributed by atoms with E-state index in [0.29, 0.717) is 5.82 Å². The molecule has 5 rings (SSSR count). The van der Waals surface area contributed by atoms with E-state index >= 15 is 0 Å². The molecule has 1 aliphatic rings. The Balaban J connectivity index is 0.00000180. The fourth-order valence-corrected chi connectivity index (χ4v) is 4.10. The fourth-order valence-electron chi connectivity index (χ4n) is 4.10. The van der Waals surface area contributed by atoms with Gasteiger partial charge in [-0.15, -0.1) is 12.4 Å². The summed E-state index contributed by atoms with van der Waals surface area (Å²) in [4.78, 5) is 4.78. The van der Waals surface area contributed by atoms with E-state index in [1.54, 1.807) is 0 Å². The maximum atomic E-state index is 13.5. The van der Waals surface area contributed by atoms with Crippen LogP contribution in [0.1, 0.15) is 22.6 Å². The van der Waals surface area contributed by atoms with Crippen LogP contribution in [0.3, 0.4) is 0 Å². The Labute approximate surface area is 163 Å². The molecule has 2 N–H and O–H groups in total. The second kappa shape index (κ2) is 6.67. The molecule has 0 fully saturated rings. The summed E-state index contributed by atoms with van der Waals surface area (Å²) >= 11 is 0. The molecule has 1 atom stereocenters. The monoisotopic (exact) mass is 376 g/mol. The molecule has 0 amide bonds. The van der Waals surface area contributed by atoms with Gasteiger partial charge in [-0.1, -0.05) is 60.7 Å². The number of halogens is 2. The first-order chi connectivity index (χ1) is 12.7. The summed E-state index contributed by atoms with van der Waals surface area (Å²) in [6.45, 7) is 0. The normalized spacial score (nSPS) is 14.9. The highest BCUT2D eigenvalue weighted by molar-refractivity contribution is 5.98. The van der Waals surface area contributed by atoms with Crippen molar-refractivity contribution in [2.45, 2.75) is 12.3 Å². The lowest BCUT2D eigenvalue weighted by Crippen LogP contribution is -2.15. The Hall–Kier alpha value is -2.91. The zero-order valence-corrected chi connectivity index (χ0v) is 15.3. The third kappa shape index (κ3) is 2.75. The minimum absolute atomic E-state index is 0. The zero-order valence-electron chi connectivity index (χ0n) is 14.5. The molecular formula is C23H18ClFN2. The van der Waals surface area contributed by atoms with Crippen LogP contribution in [0.2, 0.25) is 0 Å². The Bertz CT molecular complexity index is 1140. The first kappa shape index (κ1) is 17.5. The lowest BCUT2D eigenvalue weighted by atomic mass is 9.76. The van der Waals surface area contributed by atoms with E-state index in [4.69, 9.17) is 10.7 Å². The highest BCUT2D eigenvalue weighted by Gasteiger charge is 2.29. The maximum Gasteiger partial charge on any atom is 0.131 e. The lowest BCUT2D eigenvalue weighted by Gasteiger charge is -2.29. The van der Waals surface area contributed by atoms with Crippen molar-refractivity contribution in [2.24, 2.45) is 0 Å². The number of rotatable bonds is 1. The van der Waals surface area contributed by atoms with Gasteiger partial charge in [-0.2, -0.15) is 0 Å². The standard InChI is InChI=1S/C23H17FN2.ClH/c24-16-11-9-14(10-12-16)20-13-15-5-1-2-6-17(15)22-21(20)18-7-3-4-8-19(18)23(25)26-22;/h1-12,20H,13H2,(H2,25,26);1H. The van der Waals surface area contributed by atoms with Gasteiger partial charge in [-0.3, -0.25) is 0 Å². The minimum Gasteiger partial charge on any atom is -0.383 e. The molecular weight excluding hydrogens is 359 g/mol. The van der Waals surface area contributed by atoms with Crippen LogP contribution < -0.4 is 5.73 Å². The lowest BCUT2D eigenvalue weighted by molar-refractivity contribution is 0.626. The van der Waals surface area contributed by atoms with Gasteiger partial charge in [0.05, 0.1) is 5.69 Å². The summed E-state index contributed by atoms with van der Waals surface area (Å²) in [5.74, 6) is 0.456. The van der Waals surface area contributed by atoms with Gasteiger partial charge in [0, 0.05) is 16.9 Å². The molecule has 134 valence electrons. The van der Waals surface area contributed by atoms with Gasteiger partial charge in [-0.05, 0) is 40.6 Å². The number of anilines is 1. The Kier molecular flexibility index (Phi) is 4.33. The van der Waals surface area contributed by atoms with Crippen molar-refractivity contribution in [2.75, 3.05) is 5.73 Å². The molecule has 1 unspecified atom stereocenters. The van der Waals surface area contributed by atoms with Crippen LogP contribution in [0, 0.1) is 5.82 Å². The van der Waals surface area contributed by atoms with Crippen LogP contribution >= 0.6 is 12.4 Å². The molecule has 0 saturated heterocycles. The number of pyridine rings is 1. The van der Waals surface area contributed by atoms with Gasteiger partial charge in [-0.25, -0.2) is 9.37 Å². The molecule has 0 radical (unpaired) electrons. The highest BCUT2D eigenvalue weighted by Crippen LogP contribution is 2.45. The molecule has 1 aliphatic carbocycles. The van der Waals surface area contributed by atoms with Crippen molar-refractivity contribution in [3.63, 3.8) is 0 Å². The van der Waals surface area contributed by atoms with Gasteiger partial charge < -0.3 is 5.73 Å². The van der Waals surface area contributed by atoms with Crippen molar-refractivity contribution in [3.8, 4) is 11.3 Å². The number of nitrogens with zero attached hydrogens (tertiary/aromatic N) is 1. The van der Waals surface area contributed by atoms with Gasteiger partial charge >= 0.3 is 0 Å². The number of nitrogen functional groups attached to an aromatic ring is 1. The number of fused-ring (bicyclic) bond motifs is 5. The van der Waals surface area contributed by atoms with E-state index in [1.807, 2.05) is 36.4 Å². The molecule has 0 spiro atoms. The molecule has 4 heteroatoms. The smallest absolute Gasteiger partial charge is 0.131 e. The Morgan fingerprint density at radius 3 is 2.30 bits per heavy atom. The molecule has 4 aromatic rings. The van der Waals surface area contributed by atoms with Gasteiger partial charge in [0.15, 0.2) is 0 Å². The van der Waals surface area contributed by atoms with Gasteiger partial charge in [0.1, 0.15) is 11.6 Å². The van der Waals surface area contributed by atoms with E-state index in [9.17, 15) is 4.39 Å². The van der Waals surface area contributed by atoms with Crippen LogP contribution in [0.4, 0.5) is 10.2 Å². The third-order valence-corrected chi connectivity index (χ3v) is 5.30. The van der Waals surface area contributed by atoms with Crippen molar-refractivity contribution in [3.05, 3.63) is 95.3 Å². The van der Waals surface area contributed by atoms with E-state index < -0.39 is 0 Å². The highest BCUT2D eigenvalue weighted by atomic mass is 35.5. The maximum absolute atomic E-state index is 13.5. The molecule has 0 bridgehead atoms. The number of nitrogens with two attached hydrogens (primary N) is 1. The second-order valence-corrected chi connectivity index (χ2v) is 6.77. The summed E-state index contributed by atoms with van der Waals surface area (Å²) in [6, 6.07) is 23.3. The molecule has 1 aromatic heterocycles. The SMILES string of the molecule is Cl.Nc1nc2c(c3ccccc13)C(c1ccc(F)cc1)Cc1ccccc1-2. The van der Waals surface area contributed by atoms with E-state index in [1.165, 1.54) is 23.3 Å². The Morgan fingerprint density at radius 2 is 1.52 bits per heavy atom. The van der Waals surface area contributed by atoms with Crippen LogP contribution in [-0.4, -0.2) is 4.98 Å². The summed E-state index contributed by atoms with van der Waals surface area (Å²) in [5, 5.41) is 2.09. The molecule has 27 heavy (non-hydrogen) atoms. The summed E-state index contributed by atoms with van der Waals surface area (Å²) in [7, 11) is 0. The van der Waals surface area contributed by atoms with Crippen molar-refractivity contribution >= 4 is 29.0 Å². The fraction of sp³-hybridized carbons (Fsp3) is 0.0870. The van der Waals surface area contributed by atoms with E-state index in [-0.39, 0.29) is 24.1 Å². The second-order valence-electron chi connectivity index (χ2n) is 6.77. The number of hydrogen-bond acceptors (Lipinski definition) is 2. The summed E-state index contributed by atoms with van der Waals surface area (Å²) in [6.07, 6.45) is 0.865. The first-order valence-corrected chi connectivity index (χ1v) is 8.74. The first-order valence-electron chi connectivity index (χ1n) is 8.74. The van der Waals surface area contributed by atoms with Crippen LogP contribution in [0.25, 0.3) is 22.0 Å². The van der Waals surface area contributed by atoms with Crippen LogP contribution in [0.15, 0.2) is 72.8 Å². The molecule has 2 nitrogen and oxygen atoms in total. The number of hydrogen-bond donors (Lipinski definition) is 1. The van der Waals surface area contributed by atoms with Crippen molar-refractivity contribution < 1.29 is 4.39 Å². The predicted octanol–water partition coefficient (Wildman–Crippen LogP) is 5.73. The number of benzene rings is 3. The van der Waals surface area contributed by atoms with Crippen LogP contribution in [-0.2, 0) is 6.42 Å². The molecule has 1 heterocycles. The predicted molar refractivity (Wildman–Crippen MR) is 111 cm³/mol. The average Bonchev–Trinajstić information content (AvgIpc) is 2.68. The minimum atomic E-state index is -0.217. The van der Waals surface area contributed by atoms with Crippen molar-refractivity contribution in [1.29, 1.82) is 0 Å². The summed E-state index contributed by atoms with van der Waals surface area (Å²) in [5.41, 5.74) is 11.9. The quantitative estimate of drug-likeness (QED) is 0.460. The summed E-state index contributed by atoms with van der Waals surface area (Å²) < 4.78 is 13.5. The molecule has 0 saturated carbocycles. The average molecular weight is 377 g/mol. The third-order valence-electron chi connectivity index (χ3n) is 5.30. The van der Waals surface area contributed by atoms with Gasteiger partial charge in [0.25, 0.3) is 0 Å². The van der Waals surface area contributed by atoms with Gasteiger partial charge in [0.2, 0.25) is 0 Å².